The molecule has 0 spiro atoms. The first-order valence-corrected chi connectivity index (χ1v) is 9.72. The molecule has 0 saturated carbocycles. The second-order valence-corrected chi connectivity index (χ2v) is 8.35. The average molecular weight is 408 g/mol. The summed E-state index contributed by atoms with van der Waals surface area (Å²) in [6.07, 6.45) is -2.40. The van der Waals surface area contributed by atoms with Crippen LogP contribution in [0, 0.1) is 5.92 Å². The molecule has 7 heteroatoms. The summed E-state index contributed by atoms with van der Waals surface area (Å²) in [5.74, 6) is -1.19. The number of nitrogens with one attached hydrogen (secondary N) is 1. The molecule has 25 heavy (non-hydrogen) atoms. The number of hydrogen-bond donors (Lipinski definition) is 1. The van der Waals surface area contributed by atoms with Gasteiger partial charge in [0.1, 0.15) is 0 Å². The van der Waals surface area contributed by atoms with E-state index in [1.807, 2.05) is 12.1 Å². The molecule has 1 aliphatic carbocycles. The molecule has 3 rings (SSSR count). The fraction of sp³-hybridized carbons (Fsp3) is 0.444. The summed E-state index contributed by atoms with van der Waals surface area (Å²) in [7, 11) is 0. The lowest BCUT2D eigenvalue weighted by Crippen LogP contribution is -2.28. The van der Waals surface area contributed by atoms with Crippen LogP contribution in [0.5, 0.6) is 0 Å². The zero-order valence-corrected chi connectivity index (χ0v) is 15.8. The smallest absolute Gasteiger partial charge is 0.312 e. The SMILES string of the molecule is FC(F)(F)C1CCc2cc(CNCCc3ccc(Cl)c(Cl)c3)sc2C1. The maximum atomic E-state index is 12.9. The van der Waals surface area contributed by atoms with Gasteiger partial charge >= 0.3 is 6.18 Å². The molecule has 2 aromatic rings. The Bertz CT molecular complexity index is 742. The Balaban J connectivity index is 1.50. The molecule has 0 amide bonds. The second kappa shape index (κ2) is 7.87. The Hall–Kier alpha value is -0.750. The molecule has 1 aliphatic rings. The molecule has 1 atom stereocenters. The van der Waals surface area contributed by atoms with E-state index >= 15 is 0 Å². The highest BCUT2D eigenvalue weighted by Crippen LogP contribution is 2.39. The number of rotatable bonds is 5. The van der Waals surface area contributed by atoms with Crippen LogP contribution < -0.4 is 5.32 Å². The van der Waals surface area contributed by atoms with Gasteiger partial charge in [0.05, 0.1) is 16.0 Å². The first-order chi connectivity index (χ1) is 11.8. The molecule has 0 bridgehead atoms. The fourth-order valence-corrected chi connectivity index (χ4v) is 4.66. The van der Waals surface area contributed by atoms with Crippen molar-refractivity contribution in [1.82, 2.24) is 5.32 Å². The summed E-state index contributed by atoms with van der Waals surface area (Å²) in [5, 5.41) is 4.43. The van der Waals surface area contributed by atoms with Gasteiger partial charge < -0.3 is 5.32 Å². The zero-order valence-electron chi connectivity index (χ0n) is 13.4. The van der Waals surface area contributed by atoms with E-state index in [-0.39, 0.29) is 12.8 Å². The van der Waals surface area contributed by atoms with E-state index in [1.165, 1.54) is 11.3 Å². The molecule has 0 fully saturated rings. The molecule has 1 heterocycles. The van der Waals surface area contributed by atoms with Gasteiger partial charge in [-0.3, -0.25) is 0 Å². The van der Waals surface area contributed by atoms with Crippen molar-refractivity contribution in [2.75, 3.05) is 6.54 Å². The Kier molecular flexibility index (Phi) is 5.99. The lowest BCUT2D eigenvalue weighted by atomic mass is 9.88. The third-order valence-electron chi connectivity index (χ3n) is 4.48. The van der Waals surface area contributed by atoms with E-state index in [0.29, 0.717) is 23.0 Å². The first kappa shape index (κ1) is 19.0. The van der Waals surface area contributed by atoms with Crippen molar-refractivity contribution < 1.29 is 13.2 Å². The number of hydrogen-bond acceptors (Lipinski definition) is 2. The van der Waals surface area contributed by atoms with E-state index in [9.17, 15) is 13.2 Å². The largest absolute Gasteiger partial charge is 0.392 e. The summed E-state index contributed by atoms with van der Waals surface area (Å²) >= 11 is 13.4. The van der Waals surface area contributed by atoms with Crippen LogP contribution in [0.15, 0.2) is 24.3 Å². The van der Waals surface area contributed by atoms with Crippen molar-refractivity contribution in [2.24, 2.45) is 5.92 Å². The highest BCUT2D eigenvalue weighted by Gasteiger charge is 2.41. The topological polar surface area (TPSA) is 12.0 Å². The number of thiophene rings is 1. The molecule has 1 aromatic heterocycles. The van der Waals surface area contributed by atoms with Crippen LogP contribution in [-0.2, 0) is 25.8 Å². The minimum atomic E-state index is -4.08. The van der Waals surface area contributed by atoms with Gasteiger partial charge in [-0.15, -0.1) is 11.3 Å². The number of aryl methyl sites for hydroxylation is 1. The van der Waals surface area contributed by atoms with Crippen LogP contribution in [0.2, 0.25) is 10.0 Å². The third-order valence-corrected chi connectivity index (χ3v) is 6.42. The van der Waals surface area contributed by atoms with Gasteiger partial charge in [0.15, 0.2) is 0 Å². The molecule has 1 N–H and O–H groups in total. The van der Waals surface area contributed by atoms with Crippen LogP contribution in [-0.4, -0.2) is 12.7 Å². The molecule has 0 aliphatic heterocycles. The van der Waals surface area contributed by atoms with E-state index < -0.39 is 12.1 Å². The van der Waals surface area contributed by atoms with E-state index in [1.54, 1.807) is 6.07 Å². The van der Waals surface area contributed by atoms with Crippen molar-refractivity contribution in [3.05, 3.63) is 55.2 Å². The molecule has 136 valence electrons. The predicted octanol–water partition coefficient (Wildman–Crippen LogP) is 6.05. The molecule has 1 aromatic carbocycles. The first-order valence-electron chi connectivity index (χ1n) is 8.15. The van der Waals surface area contributed by atoms with Crippen LogP contribution in [0.1, 0.15) is 27.3 Å². The molecular formula is C18H18Cl2F3NS. The van der Waals surface area contributed by atoms with E-state index in [0.717, 1.165) is 33.8 Å². The van der Waals surface area contributed by atoms with E-state index in [4.69, 9.17) is 23.2 Å². The predicted molar refractivity (Wildman–Crippen MR) is 97.8 cm³/mol. The van der Waals surface area contributed by atoms with Crippen molar-refractivity contribution in [3.63, 3.8) is 0 Å². The number of benzene rings is 1. The van der Waals surface area contributed by atoms with Crippen molar-refractivity contribution in [2.45, 2.75) is 38.4 Å². The minimum absolute atomic E-state index is 0.132. The molecule has 0 radical (unpaired) electrons. The molecule has 0 saturated heterocycles. The normalized spacial score (nSPS) is 17.6. The van der Waals surface area contributed by atoms with Crippen LogP contribution in [0.25, 0.3) is 0 Å². The zero-order chi connectivity index (χ0) is 18.0. The fourth-order valence-electron chi connectivity index (χ4n) is 3.07. The van der Waals surface area contributed by atoms with Gasteiger partial charge in [-0.05, 0) is 61.6 Å². The maximum absolute atomic E-state index is 12.9. The maximum Gasteiger partial charge on any atom is 0.392 e. The standard InChI is InChI=1S/C18H18Cl2F3NS/c19-15-4-1-11(7-16(15)20)5-6-24-10-14-8-12-2-3-13(18(21,22)23)9-17(12)25-14/h1,4,7-8,13,24H,2-3,5-6,9-10H2. The molecule has 1 nitrogen and oxygen atoms in total. The van der Waals surface area contributed by atoms with E-state index in [2.05, 4.69) is 11.4 Å². The van der Waals surface area contributed by atoms with Gasteiger partial charge in [-0.2, -0.15) is 13.2 Å². The minimum Gasteiger partial charge on any atom is -0.312 e. The highest BCUT2D eigenvalue weighted by molar-refractivity contribution is 7.12. The molecular weight excluding hydrogens is 390 g/mol. The third kappa shape index (κ3) is 4.91. The Morgan fingerprint density at radius 3 is 2.68 bits per heavy atom. The molecule has 1 unspecified atom stereocenters. The highest BCUT2D eigenvalue weighted by atomic mass is 35.5. The number of alkyl halides is 3. The van der Waals surface area contributed by atoms with Gasteiger partial charge in [0.2, 0.25) is 0 Å². The summed E-state index contributed by atoms with van der Waals surface area (Å²) in [6.45, 7) is 1.45. The monoisotopic (exact) mass is 407 g/mol. The summed E-state index contributed by atoms with van der Waals surface area (Å²) < 4.78 is 38.6. The van der Waals surface area contributed by atoms with Gasteiger partial charge in [-0.25, -0.2) is 0 Å². The van der Waals surface area contributed by atoms with Crippen LogP contribution in [0.3, 0.4) is 0 Å². The Morgan fingerprint density at radius 2 is 1.96 bits per heavy atom. The number of fused-ring (bicyclic) bond motifs is 1. The Morgan fingerprint density at radius 1 is 1.16 bits per heavy atom. The Labute approximate surface area is 159 Å². The summed E-state index contributed by atoms with van der Waals surface area (Å²) in [6, 6.07) is 7.63. The average Bonchev–Trinajstić information content (AvgIpc) is 2.96. The van der Waals surface area contributed by atoms with Gasteiger partial charge in [0, 0.05) is 16.3 Å². The lowest BCUT2D eigenvalue weighted by molar-refractivity contribution is -0.176. The van der Waals surface area contributed by atoms with Crippen LogP contribution >= 0.6 is 34.5 Å². The summed E-state index contributed by atoms with van der Waals surface area (Å²) in [5.41, 5.74) is 2.19. The lowest BCUT2D eigenvalue weighted by Gasteiger charge is -2.24. The number of halogens is 5. The van der Waals surface area contributed by atoms with Gasteiger partial charge in [-0.1, -0.05) is 29.3 Å². The van der Waals surface area contributed by atoms with Crippen molar-refractivity contribution in [1.29, 1.82) is 0 Å². The quantitative estimate of drug-likeness (QED) is 0.594. The van der Waals surface area contributed by atoms with Crippen LogP contribution in [0.4, 0.5) is 13.2 Å². The van der Waals surface area contributed by atoms with Crippen molar-refractivity contribution >= 4 is 34.5 Å². The summed E-state index contributed by atoms with van der Waals surface area (Å²) in [4.78, 5) is 2.00. The second-order valence-electron chi connectivity index (χ2n) is 6.32. The van der Waals surface area contributed by atoms with Crippen molar-refractivity contribution in [3.8, 4) is 0 Å². The van der Waals surface area contributed by atoms with Gasteiger partial charge in [0.25, 0.3) is 0 Å².